The van der Waals surface area contributed by atoms with E-state index in [-0.39, 0.29) is 0 Å². The molecule has 1 spiro atoms. The van der Waals surface area contributed by atoms with Crippen LogP contribution in [0, 0.1) is 0 Å². The van der Waals surface area contributed by atoms with Gasteiger partial charge in [0, 0.05) is 48.6 Å². The van der Waals surface area contributed by atoms with Gasteiger partial charge in [0.05, 0.1) is 21.5 Å². The van der Waals surface area contributed by atoms with Crippen LogP contribution < -0.4 is 9.64 Å². The van der Waals surface area contributed by atoms with Crippen LogP contribution in [0.3, 0.4) is 0 Å². The first kappa shape index (κ1) is 33.5. The highest BCUT2D eigenvalue weighted by molar-refractivity contribution is 7.26. The summed E-state index contributed by atoms with van der Waals surface area (Å²) in [4.78, 5) is 2.52. The Bertz CT molecular complexity index is 3440. The van der Waals surface area contributed by atoms with Crippen molar-refractivity contribution in [1.29, 1.82) is 0 Å². The lowest BCUT2D eigenvalue weighted by atomic mass is 9.65. The van der Waals surface area contributed by atoms with E-state index in [1.807, 2.05) is 11.3 Å². The number of hydrogen-bond donors (Lipinski definition) is 0. The molecule has 0 saturated heterocycles. The fraction of sp³-hybridized carbons (Fsp3) is 0.0175. The lowest BCUT2D eigenvalue weighted by Gasteiger charge is -2.40. The predicted molar refractivity (Wildman–Crippen MR) is 252 cm³/mol. The zero-order chi connectivity index (χ0) is 39.4. The fourth-order valence-electron chi connectivity index (χ4n) is 10.4. The molecule has 10 aromatic carbocycles. The average Bonchev–Trinajstić information content (AvgIpc) is 3.85. The normalized spacial score (nSPS) is 13.3. The second-order valence-corrected chi connectivity index (χ2v) is 17.0. The van der Waals surface area contributed by atoms with Gasteiger partial charge >= 0.3 is 0 Å². The summed E-state index contributed by atoms with van der Waals surface area (Å²) in [5, 5.41) is 7.12. The lowest BCUT2D eigenvalue weighted by Crippen LogP contribution is -2.32. The molecule has 280 valence electrons. The number of benzene rings is 10. The summed E-state index contributed by atoms with van der Waals surface area (Å²) >= 11 is 1.87. The number of anilines is 3. The average molecular weight is 782 g/mol. The Morgan fingerprint density at radius 3 is 1.70 bits per heavy atom. The van der Waals surface area contributed by atoms with Gasteiger partial charge in [-0.05, 0) is 68.9 Å². The predicted octanol–water partition coefficient (Wildman–Crippen LogP) is 16.0. The molecule has 2 aliphatic rings. The summed E-state index contributed by atoms with van der Waals surface area (Å²) in [7, 11) is 0. The van der Waals surface area contributed by atoms with Crippen molar-refractivity contribution in [3.63, 3.8) is 0 Å². The van der Waals surface area contributed by atoms with E-state index in [0.717, 1.165) is 61.2 Å². The van der Waals surface area contributed by atoms with Crippen LogP contribution in [0.5, 0.6) is 11.5 Å². The second kappa shape index (κ2) is 12.8. The number of nitrogens with zero attached hydrogens (tertiary/aromatic N) is 1. The lowest BCUT2D eigenvalue weighted by molar-refractivity contribution is 0.447. The number of thiophene rings is 1. The van der Waals surface area contributed by atoms with E-state index in [9.17, 15) is 0 Å². The maximum atomic E-state index is 7.25. The Hall–Kier alpha value is -7.46. The van der Waals surface area contributed by atoms with Crippen LogP contribution in [0.1, 0.15) is 22.3 Å². The standard InChI is InChI=1S/C57H35NOS/c1-2-14-36(15-3-1)37-28-32-40(33-29-37)58(51-26-12-22-44-43-20-9-11-27-52(43)60-56(44)51)50-25-13-24-47-53(50)45-21-8-10-23-46(45)57(47)48-34-30-38-16-4-6-18-41(38)54(48)59-55-42-19-7-5-17-39(42)31-35-49(55)57/h1-35H. The van der Waals surface area contributed by atoms with Gasteiger partial charge < -0.3 is 9.64 Å². The largest absolute Gasteiger partial charge is 0.455 e. The molecule has 0 fully saturated rings. The van der Waals surface area contributed by atoms with Gasteiger partial charge in [0.15, 0.2) is 0 Å². The van der Waals surface area contributed by atoms with Crippen molar-refractivity contribution in [2.24, 2.45) is 0 Å². The van der Waals surface area contributed by atoms with E-state index in [1.165, 1.54) is 53.6 Å². The molecule has 1 aliphatic heterocycles. The molecular weight excluding hydrogens is 747 g/mol. The SMILES string of the molecule is c1ccc(-c2ccc(N(c3cccc4c3-c3ccccc3C43c4ccc5ccccc5c4Oc4c3ccc3ccccc43)c3cccc4c3sc3ccccc34)cc2)cc1. The first-order valence-corrected chi connectivity index (χ1v) is 21.4. The van der Waals surface area contributed by atoms with Crippen LogP contribution >= 0.6 is 11.3 Å². The zero-order valence-corrected chi connectivity index (χ0v) is 33.3. The molecule has 0 unspecified atom stereocenters. The number of ether oxygens (including phenoxy) is 1. The van der Waals surface area contributed by atoms with Crippen LogP contribution in [-0.4, -0.2) is 0 Å². The highest BCUT2D eigenvalue weighted by Gasteiger charge is 2.52. The van der Waals surface area contributed by atoms with Crippen molar-refractivity contribution >= 4 is 70.1 Å². The topological polar surface area (TPSA) is 12.5 Å². The van der Waals surface area contributed by atoms with Gasteiger partial charge in [-0.2, -0.15) is 0 Å². The quantitative estimate of drug-likeness (QED) is 0.176. The van der Waals surface area contributed by atoms with E-state index in [4.69, 9.17) is 4.74 Å². The fourth-order valence-corrected chi connectivity index (χ4v) is 11.6. The third-order valence-electron chi connectivity index (χ3n) is 12.9. The molecule has 0 radical (unpaired) electrons. The van der Waals surface area contributed by atoms with E-state index in [0.29, 0.717) is 0 Å². The molecule has 60 heavy (non-hydrogen) atoms. The Balaban J connectivity index is 1.14. The molecular formula is C57H35NOS. The molecule has 1 aliphatic carbocycles. The van der Waals surface area contributed by atoms with Crippen molar-refractivity contribution in [3.05, 3.63) is 235 Å². The summed E-state index contributed by atoms with van der Waals surface area (Å²) in [6, 6.07) is 77.9. The third kappa shape index (κ3) is 4.58. The molecule has 0 amide bonds. The summed E-state index contributed by atoms with van der Waals surface area (Å²) in [6.45, 7) is 0. The van der Waals surface area contributed by atoms with Crippen LogP contribution in [-0.2, 0) is 5.41 Å². The summed E-state index contributed by atoms with van der Waals surface area (Å²) in [5.41, 5.74) is 12.5. The van der Waals surface area contributed by atoms with E-state index in [1.54, 1.807) is 0 Å². The molecule has 0 atom stereocenters. The van der Waals surface area contributed by atoms with Gasteiger partial charge in [-0.25, -0.2) is 0 Å². The number of fused-ring (bicyclic) bond motifs is 16. The van der Waals surface area contributed by atoms with Crippen LogP contribution in [0.15, 0.2) is 212 Å². The molecule has 13 rings (SSSR count). The summed E-state index contributed by atoms with van der Waals surface area (Å²) < 4.78 is 9.81. The number of rotatable bonds is 4. The first-order valence-electron chi connectivity index (χ1n) is 20.6. The van der Waals surface area contributed by atoms with Crippen molar-refractivity contribution in [2.45, 2.75) is 5.41 Å². The van der Waals surface area contributed by atoms with Crippen molar-refractivity contribution in [2.75, 3.05) is 4.90 Å². The second-order valence-electron chi connectivity index (χ2n) is 15.9. The molecule has 0 bridgehead atoms. The Kier molecular flexibility index (Phi) is 7.13. The Morgan fingerprint density at radius 1 is 0.383 bits per heavy atom. The van der Waals surface area contributed by atoms with Crippen LogP contribution in [0.4, 0.5) is 17.1 Å². The first-order chi connectivity index (χ1) is 29.8. The van der Waals surface area contributed by atoms with Crippen LogP contribution in [0.2, 0.25) is 0 Å². The zero-order valence-electron chi connectivity index (χ0n) is 32.5. The summed E-state index contributed by atoms with van der Waals surface area (Å²) in [6.07, 6.45) is 0. The number of hydrogen-bond acceptors (Lipinski definition) is 3. The van der Waals surface area contributed by atoms with Gasteiger partial charge in [-0.3, -0.25) is 0 Å². The third-order valence-corrected chi connectivity index (χ3v) is 14.1. The molecule has 2 heterocycles. The minimum Gasteiger partial charge on any atom is -0.455 e. The van der Waals surface area contributed by atoms with Crippen molar-refractivity contribution in [1.82, 2.24) is 0 Å². The van der Waals surface area contributed by atoms with Crippen molar-refractivity contribution < 1.29 is 4.74 Å². The minimum absolute atomic E-state index is 0.647. The highest BCUT2D eigenvalue weighted by Crippen LogP contribution is 2.65. The molecule has 1 aromatic heterocycles. The van der Waals surface area contributed by atoms with E-state index < -0.39 is 5.41 Å². The summed E-state index contributed by atoms with van der Waals surface area (Å²) in [5.74, 6) is 1.85. The molecule has 11 aromatic rings. The van der Waals surface area contributed by atoms with Gasteiger partial charge in [-0.15, -0.1) is 11.3 Å². The minimum atomic E-state index is -0.647. The molecule has 3 heteroatoms. The molecule has 0 N–H and O–H groups in total. The van der Waals surface area contributed by atoms with E-state index in [2.05, 4.69) is 217 Å². The van der Waals surface area contributed by atoms with Gasteiger partial charge in [0.2, 0.25) is 0 Å². The Labute approximate surface area is 351 Å². The Morgan fingerprint density at radius 2 is 0.950 bits per heavy atom. The highest BCUT2D eigenvalue weighted by atomic mass is 32.1. The van der Waals surface area contributed by atoms with Gasteiger partial charge in [0.1, 0.15) is 11.5 Å². The smallest absolute Gasteiger partial charge is 0.140 e. The monoisotopic (exact) mass is 781 g/mol. The van der Waals surface area contributed by atoms with Crippen LogP contribution in [0.25, 0.3) is 64.0 Å². The van der Waals surface area contributed by atoms with Gasteiger partial charge in [0.25, 0.3) is 0 Å². The van der Waals surface area contributed by atoms with Crippen molar-refractivity contribution in [3.8, 4) is 33.8 Å². The van der Waals surface area contributed by atoms with Gasteiger partial charge in [-0.1, -0.05) is 182 Å². The maximum absolute atomic E-state index is 7.25. The maximum Gasteiger partial charge on any atom is 0.140 e. The molecule has 0 saturated carbocycles. The molecule has 2 nitrogen and oxygen atoms in total. The van der Waals surface area contributed by atoms with E-state index >= 15 is 0 Å².